The van der Waals surface area contributed by atoms with Gasteiger partial charge in [0.05, 0.1) is 0 Å². The molecule has 0 aromatic carbocycles. The number of unbranched alkanes of at least 4 members (excludes halogenated alkanes) is 1. The Labute approximate surface area is 124 Å². The summed E-state index contributed by atoms with van der Waals surface area (Å²) in [6, 6.07) is -0.137. The van der Waals surface area contributed by atoms with E-state index in [0.29, 0.717) is 6.54 Å². The Morgan fingerprint density at radius 1 is 1.33 bits per heavy atom. The maximum Gasteiger partial charge on any atom is 0.332 e. The highest BCUT2D eigenvalue weighted by Crippen LogP contribution is 2.15. The number of nitrogens with zero attached hydrogens (tertiary/aromatic N) is 2. The zero-order chi connectivity index (χ0) is 16.2. The summed E-state index contributed by atoms with van der Waals surface area (Å²) in [6.45, 7) is 6.23. The summed E-state index contributed by atoms with van der Waals surface area (Å²) in [6.07, 6.45) is 1.74. The van der Waals surface area contributed by atoms with Gasteiger partial charge in [0.1, 0.15) is 11.5 Å². The third-order valence-electron chi connectivity index (χ3n) is 3.83. The van der Waals surface area contributed by atoms with Crippen molar-refractivity contribution in [1.29, 1.82) is 0 Å². The van der Waals surface area contributed by atoms with Crippen LogP contribution in [0.25, 0.3) is 0 Å². The molecule has 7 heteroatoms. The second kappa shape index (κ2) is 7.31. The van der Waals surface area contributed by atoms with Crippen molar-refractivity contribution in [2.24, 2.45) is 13.0 Å². The van der Waals surface area contributed by atoms with Crippen molar-refractivity contribution in [3.63, 3.8) is 0 Å². The third kappa shape index (κ3) is 3.66. The van der Waals surface area contributed by atoms with Gasteiger partial charge in [0, 0.05) is 26.2 Å². The maximum atomic E-state index is 12.2. The second-order valence-corrected chi connectivity index (χ2v) is 5.51. The van der Waals surface area contributed by atoms with E-state index in [1.165, 1.54) is 11.6 Å². The van der Waals surface area contributed by atoms with Crippen molar-refractivity contribution in [3.05, 3.63) is 20.8 Å². The summed E-state index contributed by atoms with van der Waals surface area (Å²) in [5.41, 5.74) is 5.39. The highest BCUT2D eigenvalue weighted by Gasteiger charge is 2.19. The SMILES string of the molecule is CCCCn1c(N)c(NC(C)C(C)CO)c(=O)n(C)c1=O. The van der Waals surface area contributed by atoms with Gasteiger partial charge in [-0.1, -0.05) is 20.3 Å². The monoisotopic (exact) mass is 298 g/mol. The fourth-order valence-corrected chi connectivity index (χ4v) is 1.98. The van der Waals surface area contributed by atoms with Crippen molar-refractivity contribution in [2.45, 2.75) is 46.2 Å². The summed E-state index contributed by atoms with van der Waals surface area (Å²) in [7, 11) is 1.44. The molecule has 1 heterocycles. The Morgan fingerprint density at radius 3 is 2.48 bits per heavy atom. The van der Waals surface area contributed by atoms with E-state index in [0.717, 1.165) is 17.4 Å². The van der Waals surface area contributed by atoms with E-state index in [4.69, 9.17) is 5.73 Å². The van der Waals surface area contributed by atoms with Gasteiger partial charge in [0.25, 0.3) is 5.56 Å². The van der Waals surface area contributed by atoms with Crippen LogP contribution < -0.4 is 22.3 Å². The van der Waals surface area contributed by atoms with Crippen molar-refractivity contribution in [2.75, 3.05) is 17.7 Å². The third-order valence-corrected chi connectivity index (χ3v) is 3.83. The molecule has 0 aliphatic rings. The summed E-state index contributed by atoms with van der Waals surface area (Å²) >= 11 is 0. The molecule has 21 heavy (non-hydrogen) atoms. The smallest absolute Gasteiger partial charge is 0.332 e. The fraction of sp³-hybridized carbons (Fsp3) is 0.714. The average molecular weight is 298 g/mol. The zero-order valence-corrected chi connectivity index (χ0v) is 13.2. The number of rotatable bonds is 7. The van der Waals surface area contributed by atoms with E-state index in [9.17, 15) is 14.7 Å². The zero-order valence-electron chi connectivity index (χ0n) is 13.2. The van der Waals surface area contributed by atoms with E-state index in [2.05, 4.69) is 5.32 Å². The van der Waals surface area contributed by atoms with Crippen LogP contribution >= 0.6 is 0 Å². The Bertz CT molecular complexity index is 591. The van der Waals surface area contributed by atoms with Crippen molar-refractivity contribution in [3.8, 4) is 0 Å². The highest BCUT2D eigenvalue weighted by molar-refractivity contribution is 5.61. The maximum absolute atomic E-state index is 12.2. The van der Waals surface area contributed by atoms with Gasteiger partial charge >= 0.3 is 5.69 Å². The fourth-order valence-electron chi connectivity index (χ4n) is 1.98. The van der Waals surface area contributed by atoms with Crippen LogP contribution in [-0.4, -0.2) is 26.9 Å². The molecule has 2 unspecified atom stereocenters. The predicted molar refractivity (Wildman–Crippen MR) is 84.6 cm³/mol. The van der Waals surface area contributed by atoms with E-state index in [-0.39, 0.29) is 30.1 Å². The Kier molecular flexibility index (Phi) is 6.02. The Morgan fingerprint density at radius 2 is 1.95 bits per heavy atom. The molecular weight excluding hydrogens is 272 g/mol. The second-order valence-electron chi connectivity index (χ2n) is 5.51. The van der Waals surface area contributed by atoms with Crippen LogP contribution in [0.5, 0.6) is 0 Å². The van der Waals surface area contributed by atoms with Crippen LogP contribution in [0.2, 0.25) is 0 Å². The minimum absolute atomic E-state index is 0.00383. The van der Waals surface area contributed by atoms with Gasteiger partial charge in [-0.15, -0.1) is 0 Å². The molecule has 0 aliphatic heterocycles. The van der Waals surface area contributed by atoms with E-state index in [1.54, 1.807) is 0 Å². The molecule has 1 aromatic heterocycles. The lowest BCUT2D eigenvalue weighted by molar-refractivity contribution is 0.226. The summed E-state index contributed by atoms with van der Waals surface area (Å²) in [5, 5.41) is 12.2. The minimum Gasteiger partial charge on any atom is -0.396 e. The van der Waals surface area contributed by atoms with Crippen LogP contribution in [0.1, 0.15) is 33.6 Å². The standard InChI is InChI=1S/C14H26N4O3/c1-5-6-7-18-12(15)11(13(20)17(4)14(18)21)16-10(3)9(2)8-19/h9-10,16,19H,5-8,15H2,1-4H3. The predicted octanol–water partition coefficient (Wildman–Crippen LogP) is 0.358. The number of hydrogen-bond acceptors (Lipinski definition) is 5. The van der Waals surface area contributed by atoms with Crippen LogP contribution in [0.15, 0.2) is 9.59 Å². The number of nitrogen functional groups attached to an aromatic ring is 1. The van der Waals surface area contributed by atoms with Crippen LogP contribution in [-0.2, 0) is 13.6 Å². The Hall–Kier alpha value is -1.76. The topological polar surface area (TPSA) is 102 Å². The van der Waals surface area contributed by atoms with Gasteiger partial charge < -0.3 is 16.2 Å². The molecule has 1 rings (SSSR count). The molecule has 0 amide bonds. The molecule has 120 valence electrons. The van der Waals surface area contributed by atoms with Crippen molar-refractivity contribution < 1.29 is 5.11 Å². The van der Waals surface area contributed by atoms with E-state index < -0.39 is 11.2 Å². The van der Waals surface area contributed by atoms with E-state index >= 15 is 0 Å². The number of nitrogens with two attached hydrogens (primary N) is 1. The normalized spacial score (nSPS) is 14.0. The Balaban J connectivity index is 3.29. The van der Waals surface area contributed by atoms with Gasteiger partial charge in [-0.05, 0) is 19.3 Å². The largest absolute Gasteiger partial charge is 0.396 e. The van der Waals surface area contributed by atoms with Gasteiger partial charge in [-0.3, -0.25) is 13.9 Å². The molecule has 0 saturated carbocycles. The number of aromatic nitrogens is 2. The summed E-state index contributed by atoms with van der Waals surface area (Å²) in [5.74, 6) is 0.124. The van der Waals surface area contributed by atoms with Gasteiger partial charge in [0.2, 0.25) is 0 Å². The molecule has 0 saturated heterocycles. The van der Waals surface area contributed by atoms with Gasteiger partial charge in [-0.25, -0.2) is 4.79 Å². The first-order chi connectivity index (χ1) is 9.84. The molecule has 2 atom stereocenters. The van der Waals surface area contributed by atoms with Gasteiger partial charge in [-0.2, -0.15) is 0 Å². The molecular formula is C14H26N4O3. The lowest BCUT2D eigenvalue weighted by Gasteiger charge is -2.22. The summed E-state index contributed by atoms with van der Waals surface area (Å²) < 4.78 is 2.48. The van der Waals surface area contributed by atoms with Gasteiger partial charge in [0.15, 0.2) is 0 Å². The highest BCUT2D eigenvalue weighted by atomic mass is 16.3. The molecule has 4 N–H and O–H groups in total. The molecule has 0 aliphatic carbocycles. The number of hydrogen-bond donors (Lipinski definition) is 3. The minimum atomic E-state index is -0.442. The van der Waals surface area contributed by atoms with Crippen LogP contribution in [0.3, 0.4) is 0 Å². The molecule has 0 bridgehead atoms. The number of nitrogens with one attached hydrogen (secondary N) is 1. The lowest BCUT2D eigenvalue weighted by atomic mass is 10.1. The number of aliphatic hydroxyl groups is 1. The van der Waals surface area contributed by atoms with Crippen molar-refractivity contribution >= 4 is 11.5 Å². The van der Waals surface area contributed by atoms with E-state index in [1.807, 2.05) is 20.8 Å². The number of anilines is 2. The average Bonchev–Trinajstić information content (AvgIpc) is 2.48. The molecule has 0 spiro atoms. The van der Waals surface area contributed by atoms with Crippen LogP contribution in [0.4, 0.5) is 11.5 Å². The quantitative estimate of drug-likeness (QED) is 0.674. The first-order valence-electron chi connectivity index (χ1n) is 7.31. The van der Waals surface area contributed by atoms with Crippen LogP contribution in [0, 0.1) is 5.92 Å². The molecule has 0 fully saturated rings. The first kappa shape index (κ1) is 17.3. The molecule has 7 nitrogen and oxygen atoms in total. The molecule has 1 aromatic rings. The first-order valence-corrected chi connectivity index (χ1v) is 7.31. The molecule has 0 radical (unpaired) electrons. The van der Waals surface area contributed by atoms with Crippen molar-refractivity contribution in [1.82, 2.24) is 9.13 Å². The summed E-state index contributed by atoms with van der Waals surface area (Å²) in [4.78, 5) is 24.3. The number of aliphatic hydroxyl groups excluding tert-OH is 1. The lowest BCUT2D eigenvalue weighted by Crippen LogP contribution is -2.42.